The van der Waals surface area contributed by atoms with Gasteiger partial charge in [0.2, 0.25) is 0 Å². The molecule has 0 bridgehead atoms. The summed E-state index contributed by atoms with van der Waals surface area (Å²) in [4.78, 5) is 16.6. The van der Waals surface area contributed by atoms with Crippen molar-refractivity contribution in [3.05, 3.63) is 70.2 Å². The molecule has 0 unspecified atom stereocenters. The molecular weight excluding hydrogens is 366 g/mol. The van der Waals surface area contributed by atoms with Gasteiger partial charge in [-0.3, -0.25) is 4.90 Å². The van der Waals surface area contributed by atoms with Crippen molar-refractivity contribution in [2.45, 2.75) is 13.1 Å². The first-order valence-corrected chi connectivity index (χ1v) is 9.04. The lowest BCUT2D eigenvalue weighted by molar-refractivity contribution is 0.135. The maximum absolute atomic E-state index is 12.3. The van der Waals surface area contributed by atoms with E-state index in [2.05, 4.69) is 50.4 Å². The number of hydrogen-bond donors (Lipinski definition) is 1. The molecule has 5 heteroatoms. The van der Waals surface area contributed by atoms with Crippen LogP contribution in [-0.2, 0) is 13.1 Å². The van der Waals surface area contributed by atoms with Crippen molar-refractivity contribution in [2.24, 2.45) is 0 Å². The summed E-state index contributed by atoms with van der Waals surface area (Å²) >= 11 is 3.51. The lowest BCUT2D eigenvalue weighted by atomic mass is 10.2. The lowest BCUT2D eigenvalue weighted by Gasteiger charge is -2.34. The topological polar surface area (TPSA) is 35.6 Å². The zero-order valence-electron chi connectivity index (χ0n) is 13.6. The quantitative estimate of drug-likeness (QED) is 0.871. The van der Waals surface area contributed by atoms with Gasteiger partial charge in [0.25, 0.3) is 0 Å². The van der Waals surface area contributed by atoms with Gasteiger partial charge in [0.05, 0.1) is 0 Å². The Morgan fingerprint density at radius 1 is 0.958 bits per heavy atom. The summed E-state index contributed by atoms with van der Waals surface area (Å²) in [5.41, 5.74) is 2.41. The molecule has 2 amide bonds. The second-order valence-corrected chi connectivity index (χ2v) is 6.85. The van der Waals surface area contributed by atoms with Crippen LogP contribution in [0.25, 0.3) is 0 Å². The Morgan fingerprint density at radius 2 is 1.62 bits per heavy atom. The number of carbonyl (C=O) groups excluding carboxylic acids is 1. The first-order chi connectivity index (χ1) is 11.7. The Bertz CT molecular complexity index is 669. The summed E-state index contributed by atoms with van der Waals surface area (Å²) < 4.78 is 1.03. The molecule has 0 aliphatic carbocycles. The van der Waals surface area contributed by atoms with Crippen molar-refractivity contribution < 1.29 is 4.79 Å². The fourth-order valence-corrected chi connectivity index (χ4v) is 3.30. The molecule has 4 nitrogen and oxygen atoms in total. The number of piperazine rings is 1. The minimum absolute atomic E-state index is 0.0186. The van der Waals surface area contributed by atoms with Gasteiger partial charge in [0, 0.05) is 43.7 Å². The van der Waals surface area contributed by atoms with Crippen molar-refractivity contribution in [2.75, 3.05) is 26.2 Å². The van der Waals surface area contributed by atoms with Crippen LogP contribution in [0.3, 0.4) is 0 Å². The van der Waals surface area contributed by atoms with E-state index in [1.165, 1.54) is 5.56 Å². The molecule has 1 heterocycles. The number of benzene rings is 2. The number of nitrogens with one attached hydrogen (secondary N) is 1. The molecule has 24 heavy (non-hydrogen) atoms. The number of nitrogens with zero attached hydrogens (tertiary/aromatic N) is 2. The highest BCUT2D eigenvalue weighted by atomic mass is 79.9. The number of carbonyl (C=O) groups is 1. The van der Waals surface area contributed by atoms with E-state index in [4.69, 9.17) is 0 Å². The number of amides is 2. The van der Waals surface area contributed by atoms with E-state index in [9.17, 15) is 4.79 Å². The van der Waals surface area contributed by atoms with Crippen molar-refractivity contribution in [3.63, 3.8) is 0 Å². The van der Waals surface area contributed by atoms with E-state index in [0.29, 0.717) is 6.54 Å². The molecule has 0 spiro atoms. The molecule has 0 atom stereocenters. The van der Waals surface area contributed by atoms with Crippen LogP contribution in [0.1, 0.15) is 11.1 Å². The van der Waals surface area contributed by atoms with Gasteiger partial charge in [-0.2, -0.15) is 0 Å². The average Bonchev–Trinajstić information content (AvgIpc) is 2.62. The highest BCUT2D eigenvalue weighted by molar-refractivity contribution is 9.10. The Kier molecular flexibility index (Phi) is 5.88. The van der Waals surface area contributed by atoms with Crippen LogP contribution < -0.4 is 5.32 Å². The number of rotatable bonds is 4. The highest BCUT2D eigenvalue weighted by Crippen LogP contribution is 2.15. The molecule has 126 valence electrons. The second kappa shape index (κ2) is 8.31. The largest absolute Gasteiger partial charge is 0.334 e. The van der Waals surface area contributed by atoms with Crippen LogP contribution in [0.5, 0.6) is 0 Å². The normalized spacial score (nSPS) is 15.3. The third-order valence-corrected chi connectivity index (χ3v) is 5.07. The van der Waals surface area contributed by atoms with E-state index in [-0.39, 0.29) is 6.03 Å². The van der Waals surface area contributed by atoms with Crippen LogP contribution in [0, 0.1) is 0 Å². The fraction of sp³-hybridized carbons (Fsp3) is 0.316. The van der Waals surface area contributed by atoms with Gasteiger partial charge in [0.1, 0.15) is 0 Å². The molecule has 1 saturated heterocycles. The summed E-state index contributed by atoms with van der Waals surface area (Å²) in [6.07, 6.45) is 0. The predicted molar refractivity (Wildman–Crippen MR) is 99.7 cm³/mol. The summed E-state index contributed by atoms with van der Waals surface area (Å²) in [6, 6.07) is 18.5. The fourth-order valence-electron chi connectivity index (χ4n) is 2.88. The van der Waals surface area contributed by atoms with Gasteiger partial charge < -0.3 is 10.2 Å². The number of halogens is 1. The molecule has 2 aromatic rings. The van der Waals surface area contributed by atoms with Crippen LogP contribution in [-0.4, -0.2) is 42.0 Å². The van der Waals surface area contributed by atoms with E-state index < -0.39 is 0 Å². The molecule has 0 saturated carbocycles. The Morgan fingerprint density at radius 3 is 2.33 bits per heavy atom. The maximum Gasteiger partial charge on any atom is 0.317 e. The Labute approximate surface area is 151 Å². The second-order valence-electron chi connectivity index (χ2n) is 6.00. The van der Waals surface area contributed by atoms with Crippen molar-refractivity contribution in [1.82, 2.24) is 15.1 Å². The van der Waals surface area contributed by atoms with Crippen LogP contribution >= 0.6 is 15.9 Å². The van der Waals surface area contributed by atoms with Gasteiger partial charge in [-0.05, 0) is 17.2 Å². The molecule has 1 aliphatic heterocycles. The monoisotopic (exact) mass is 387 g/mol. The molecule has 3 rings (SSSR count). The molecule has 0 aromatic heterocycles. The molecule has 2 aromatic carbocycles. The maximum atomic E-state index is 12.3. The smallest absolute Gasteiger partial charge is 0.317 e. The van der Waals surface area contributed by atoms with Crippen molar-refractivity contribution in [3.8, 4) is 0 Å². The summed E-state index contributed by atoms with van der Waals surface area (Å²) in [6.45, 7) is 4.87. The van der Waals surface area contributed by atoms with E-state index in [1.807, 2.05) is 35.2 Å². The molecular formula is C19H22BrN3O. The minimum atomic E-state index is 0.0186. The van der Waals surface area contributed by atoms with Crippen molar-refractivity contribution in [1.29, 1.82) is 0 Å². The van der Waals surface area contributed by atoms with Gasteiger partial charge >= 0.3 is 6.03 Å². The van der Waals surface area contributed by atoms with Gasteiger partial charge in [-0.25, -0.2) is 4.79 Å². The third-order valence-electron chi connectivity index (χ3n) is 4.30. The van der Waals surface area contributed by atoms with Crippen LogP contribution in [0.4, 0.5) is 4.79 Å². The Balaban J connectivity index is 1.44. The van der Waals surface area contributed by atoms with Gasteiger partial charge in [0.15, 0.2) is 0 Å². The van der Waals surface area contributed by atoms with Gasteiger partial charge in [-0.1, -0.05) is 64.5 Å². The molecule has 1 N–H and O–H groups in total. The van der Waals surface area contributed by atoms with Crippen LogP contribution in [0.2, 0.25) is 0 Å². The average molecular weight is 388 g/mol. The number of hydrogen-bond acceptors (Lipinski definition) is 2. The first-order valence-electron chi connectivity index (χ1n) is 8.25. The summed E-state index contributed by atoms with van der Waals surface area (Å²) in [5.74, 6) is 0. The molecule has 1 aliphatic rings. The lowest BCUT2D eigenvalue weighted by Crippen LogP contribution is -2.51. The minimum Gasteiger partial charge on any atom is -0.334 e. The molecule has 0 radical (unpaired) electrons. The SMILES string of the molecule is O=C(NCc1ccccc1Br)N1CCN(Cc2ccccc2)CC1. The Hall–Kier alpha value is -1.85. The van der Waals surface area contributed by atoms with E-state index in [1.54, 1.807) is 0 Å². The summed E-state index contributed by atoms with van der Waals surface area (Å²) in [5, 5.41) is 3.01. The zero-order chi connectivity index (χ0) is 16.8. The van der Waals surface area contributed by atoms with Gasteiger partial charge in [-0.15, -0.1) is 0 Å². The van der Waals surface area contributed by atoms with Crippen molar-refractivity contribution >= 4 is 22.0 Å². The number of urea groups is 1. The van der Waals surface area contributed by atoms with E-state index >= 15 is 0 Å². The standard InChI is InChI=1S/C19H22BrN3O/c20-18-9-5-4-8-17(18)14-21-19(24)23-12-10-22(11-13-23)15-16-6-2-1-3-7-16/h1-9H,10-15H2,(H,21,24). The molecule has 1 fully saturated rings. The summed E-state index contributed by atoms with van der Waals surface area (Å²) in [7, 11) is 0. The van der Waals surface area contributed by atoms with E-state index in [0.717, 1.165) is 42.8 Å². The highest BCUT2D eigenvalue weighted by Gasteiger charge is 2.20. The zero-order valence-corrected chi connectivity index (χ0v) is 15.2. The third kappa shape index (κ3) is 4.58. The first kappa shape index (κ1) is 17.0. The predicted octanol–water partition coefficient (Wildman–Crippen LogP) is 3.48. The van der Waals surface area contributed by atoms with Crippen LogP contribution in [0.15, 0.2) is 59.1 Å².